The van der Waals surface area contributed by atoms with Crippen LogP contribution < -0.4 is 4.74 Å². The van der Waals surface area contributed by atoms with Crippen molar-refractivity contribution in [2.24, 2.45) is 0 Å². The smallest absolute Gasteiger partial charge is 0.374 e. The van der Waals surface area contributed by atoms with Gasteiger partial charge < -0.3 is 14.4 Å². The molecule has 0 atom stereocenters. The Labute approximate surface area is 196 Å². The number of carboxylic acids is 1. The Balaban J connectivity index is 2.23. The highest BCUT2D eigenvalue weighted by Crippen LogP contribution is 2.43. The first-order chi connectivity index (χ1) is 16.4. The summed E-state index contributed by atoms with van der Waals surface area (Å²) in [6.45, 7) is 3.21. The average molecular weight is 488 g/mol. The molecule has 0 spiro atoms. The fraction of sp³-hybridized carbons (Fsp3) is 0.292. The fourth-order valence-electron chi connectivity index (χ4n) is 4.39. The number of aromatic nitrogens is 3. The SMILES string of the molecule is COc1cc(-n2c(C(C)(C)CC#N)c(CC(F)(F)C(=O)O)c3c(F)c4[nH]ncc4cc32)ccc1F. The lowest BCUT2D eigenvalue weighted by molar-refractivity contribution is -0.164. The van der Waals surface area contributed by atoms with Crippen molar-refractivity contribution in [2.45, 2.75) is 38.0 Å². The maximum atomic E-state index is 15.8. The molecule has 2 heterocycles. The first kappa shape index (κ1) is 24.1. The van der Waals surface area contributed by atoms with Crippen molar-refractivity contribution in [3.63, 3.8) is 0 Å². The van der Waals surface area contributed by atoms with Gasteiger partial charge in [-0.2, -0.15) is 19.1 Å². The number of aliphatic carboxylic acids is 1. The molecular weight excluding hydrogens is 468 g/mol. The van der Waals surface area contributed by atoms with Gasteiger partial charge in [-0.3, -0.25) is 5.10 Å². The number of carbonyl (C=O) groups is 1. The Morgan fingerprint density at radius 3 is 2.63 bits per heavy atom. The van der Waals surface area contributed by atoms with Crippen LogP contribution in [0.3, 0.4) is 0 Å². The highest BCUT2D eigenvalue weighted by molar-refractivity contribution is 6.00. The number of aromatic amines is 1. The van der Waals surface area contributed by atoms with E-state index in [9.17, 15) is 23.2 Å². The number of nitrogens with one attached hydrogen (secondary N) is 1. The minimum atomic E-state index is -4.23. The van der Waals surface area contributed by atoms with Gasteiger partial charge in [-0.25, -0.2) is 13.6 Å². The number of H-pyrrole nitrogens is 1. The topological polar surface area (TPSA) is 104 Å². The summed E-state index contributed by atoms with van der Waals surface area (Å²) < 4.78 is 65.7. The van der Waals surface area contributed by atoms with Crippen molar-refractivity contribution in [1.82, 2.24) is 14.8 Å². The van der Waals surface area contributed by atoms with Crippen LogP contribution in [0.2, 0.25) is 0 Å². The number of ether oxygens (including phenoxy) is 1. The van der Waals surface area contributed by atoms with Crippen LogP contribution in [0.25, 0.3) is 27.5 Å². The Kier molecular flexibility index (Phi) is 5.71. The summed E-state index contributed by atoms with van der Waals surface area (Å²) in [7, 11) is 1.25. The number of hydrogen-bond donors (Lipinski definition) is 2. The van der Waals surface area contributed by atoms with Gasteiger partial charge in [-0.15, -0.1) is 0 Å². The highest BCUT2D eigenvalue weighted by Gasteiger charge is 2.43. The lowest BCUT2D eigenvalue weighted by atomic mass is 9.82. The van der Waals surface area contributed by atoms with Gasteiger partial charge in [0.2, 0.25) is 0 Å². The van der Waals surface area contributed by atoms with Crippen molar-refractivity contribution in [1.29, 1.82) is 5.26 Å². The molecule has 182 valence electrons. The van der Waals surface area contributed by atoms with Crippen molar-refractivity contribution in [3.05, 3.63) is 53.4 Å². The fourth-order valence-corrected chi connectivity index (χ4v) is 4.39. The first-order valence-electron chi connectivity index (χ1n) is 10.4. The molecule has 0 aliphatic rings. The molecule has 4 aromatic rings. The Morgan fingerprint density at radius 2 is 2.00 bits per heavy atom. The summed E-state index contributed by atoms with van der Waals surface area (Å²) in [5.41, 5.74) is -0.981. The van der Waals surface area contributed by atoms with Crippen LogP contribution in [0, 0.1) is 23.0 Å². The Hall–Kier alpha value is -4.07. The molecule has 2 N–H and O–H groups in total. The number of hydrogen-bond acceptors (Lipinski definition) is 4. The van der Waals surface area contributed by atoms with Gasteiger partial charge in [0.25, 0.3) is 0 Å². The average Bonchev–Trinajstić information content (AvgIpc) is 3.37. The van der Waals surface area contributed by atoms with Gasteiger partial charge in [0.05, 0.1) is 31.3 Å². The molecule has 0 aliphatic heterocycles. The monoisotopic (exact) mass is 488 g/mol. The minimum absolute atomic E-state index is 0.0455. The Morgan fingerprint density at radius 1 is 1.29 bits per heavy atom. The van der Waals surface area contributed by atoms with Gasteiger partial charge in [0, 0.05) is 40.1 Å². The molecule has 35 heavy (non-hydrogen) atoms. The zero-order valence-corrected chi connectivity index (χ0v) is 18.9. The third kappa shape index (κ3) is 3.84. The summed E-state index contributed by atoms with van der Waals surface area (Å²) in [5.74, 6) is -8.31. The summed E-state index contributed by atoms with van der Waals surface area (Å²) >= 11 is 0. The molecule has 0 bridgehead atoms. The van der Waals surface area contributed by atoms with Crippen LogP contribution in [0.4, 0.5) is 17.6 Å². The second-order valence-electron chi connectivity index (χ2n) is 8.81. The van der Waals surface area contributed by atoms with Gasteiger partial charge in [-0.05, 0) is 23.8 Å². The maximum Gasteiger partial charge on any atom is 0.374 e. The summed E-state index contributed by atoms with van der Waals surface area (Å²) in [6.07, 6.45) is -0.134. The zero-order valence-electron chi connectivity index (χ0n) is 18.9. The summed E-state index contributed by atoms with van der Waals surface area (Å²) in [5, 5.41) is 25.0. The molecule has 4 rings (SSSR count). The summed E-state index contributed by atoms with van der Waals surface area (Å²) in [6, 6.07) is 7.31. The molecular formula is C24H20F4N4O3. The number of methoxy groups -OCH3 is 1. The molecule has 2 aromatic carbocycles. The molecule has 0 amide bonds. The molecule has 0 aliphatic carbocycles. The van der Waals surface area contributed by atoms with Crippen LogP contribution in [-0.2, 0) is 16.6 Å². The molecule has 11 heteroatoms. The van der Waals surface area contributed by atoms with E-state index in [-0.39, 0.29) is 45.5 Å². The molecule has 7 nitrogen and oxygen atoms in total. The van der Waals surface area contributed by atoms with E-state index >= 15 is 4.39 Å². The van der Waals surface area contributed by atoms with E-state index in [4.69, 9.17) is 9.84 Å². The number of benzene rings is 2. The number of carboxylic acid groups (broad SMARTS) is 1. The molecule has 0 fully saturated rings. The molecule has 2 aromatic heterocycles. The summed E-state index contributed by atoms with van der Waals surface area (Å²) in [4.78, 5) is 11.3. The van der Waals surface area contributed by atoms with E-state index in [0.29, 0.717) is 5.39 Å². The largest absolute Gasteiger partial charge is 0.494 e. The van der Waals surface area contributed by atoms with Crippen molar-refractivity contribution < 1.29 is 32.2 Å². The molecule has 0 saturated carbocycles. The number of alkyl halides is 2. The van der Waals surface area contributed by atoms with Crippen molar-refractivity contribution in [3.8, 4) is 17.5 Å². The lowest BCUT2D eigenvalue weighted by Crippen LogP contribution is -2.32. The number of halogens is 4. The zero-order chi connectivity index (χ0) is 25.7. The number of nitrogens with zero attached hydrogens (tertiary/aromatic N) is 3. The van der Waals surface area contributed by atoms with E-state index in [0.717, 1.165) is 6.07 Å². The van der Waals surface area contributed by atoms with Gasteiger partial charge in [0.15, 0.2) is 17.4 Å². The van der Waals surface area contributed by atoms with E-state index in [1.54, 1.807) is 13.8 Å². The van der Waals surface area contributed by atoms with E-state index < -0.39 is 35.4 Å². The third-order valence-electron chi connectivity index (χ3n) is 5.97. The lowest BCUT2D eigenvalue weighted by Gasteiger charge is -2.27. The Bertz CT molecular complexity index is 1520. The second-order valence-corrected chi connectivity index (χ2v) is 8.81. The van der Waals surface area contributed by atoms with Crippen molar-refractivity contribution >= 4 is 27.8 Å². The normalized spacial score (nSPS) is 12.3. The van der Waals surface area contributed by atoms with E-state index in [2.05, 4.69) is 10.2 Å². The number of fused-ring (bicyclic) bond motifs is 2. The second kappa shape index (κ2) is 8.30. The predicted molar refractivity (Wildman–Crippen MR) is 119 cm³/mol. The number of rotatable bonds is 7. The molecule has 0 radical (unpaired) electrons. The predicted octanol–water partition coefficient (Wildman–Crippen LogP) is 5.25. The van der Waals surface area contributed by atoms with Crippen LogP contribution >= 0.6 is 0 Å². The van der Waals surface area contributed by atoms with Gasteiger partial charge in [-0.1, -0.05) is 13.8 Å². The van der Waals surface area contributed by atoms with E-state index in [1.165, 1.54) is 36.1 Å². The van der Waals surface area contributed by atoms with Crippen LogP contribution in [0.15, 0.2) is 30.5 Å². The first-order valence-corrected chi connectivity index (χ1v) is 10.4. The minimum Gasteiger partial charge on any atom is -0.494 e. The molecule has 0 saturated heterocycles. The van der Waals surface area contributed by atoms with Crippen molar-refractivity contribution in [2.75, 3.05) is 7.11 Å². The van der Waals surface area contributed by atoms with Crippen LogP contribution in [0.1, 0.15) is 31.5 Å². The van der Waals surface area contributed by atoms with Gasteiger partial charge in [0.1, 0.15) is 5.52 Å². The maximum absolute atomic E-state index is 15.8. The van der Waals surface area contributed by atoms with Gasteiger partial charge >= 0.3 is 11.9 Å². The van der Waals surface area contributed by atoms with Crippen LogP contribution in [-0.4, -0.2) is 38.9 Å². The third-order valence-corrected chi connectivity index (χ3v) is 5.97. The standard InChI is InChI=1S/C24H20F4N4O3/c1-23(2,6-7-29)21-14(10-24(27,28)22(33)34)18-16(8-12-11-30-31-20(12)19(18)26)32(21)13-4-5-15(25)17(9-13)35-3/h4-5,8-9,11H,6,10H2,1-3H3,(H,30,31)(H,33,34). The van der Waals surface area contributed by atoms with E-state index in [1.807, 2.05) is 6.07 Å². The van der Waals surface area contributed by atoms with Crippen LogP contribution in [0.5, 0.6) is 5.75 Å². The highest BCUT2D eigenvalue weighted by atomic mass is 19.3. The molecule has 0 unspecified atom stereocenters. The number of nitriles is 1. The quantitative estimate of drug-likeness (QED) is 0.346.